The number of ether oxygens (including phenoxy) is 3. The molecule has 2 aromatic carbocycles. The maximum atomic E-state index is 12.8. The number of piperidine rings is 1. The minimum absolute atomic E-state index is 0.0324. The summed E-state index contributed by atoms with van der Waals surface area (Å²) in [5.41, 5.74) is 0.602. The first-order chi connectivity index (χ1) is 17.8. The number of para-hydroxylation sites is 2. The van der Waals surface area contributed by atoms with Crippen molar-refractivity contribution in [3.63, 3.8) is 0 Å². The fraction of sp³-hybridized carbons (Fsp3) is 0.519. The topological polar surface area (TPSA) is 54.5 Å². The molecule has 0 saturated carbocycles. The SMILES string of the molecule is COc1ccccc1N1CCN(CC2COC3(CCN(C(=O)c4ccc(C(F)(F)F)cc4)CC3)O2)CC1. The van der Waals surface area contributed by atoms with Crippen LogP contribution in [0.5, 0.6) is 5.75 Å². The summed E-state index contributed by atoms with van der Waals surface area (Å²) >= 11 is 0. The molecular formula is C27H32F3N3O4. The maximum absolute atomic E-state index is 12.8. The molecule has 0 N–H and O–H groups in total. The first kappa shape index (κ1) is 25.8. The molecule has 3 aliphatic heterocycles. The number of rotatable bonds is 5. The predicted molar refractivity (Wildman–Crippen MR) is 132 cm³/mol. The van der Waals surface area contributed by atoms with Gasteiger partial charge >= 0.3 is 6.18 Å². The largest absolute Gasteiger partial charge is 0.495 e. The summed E-state index contributed by atoms with van der Waals surface area (Å²) in [6.45, 7) is 5.81. The number of amides is 1. The van der Waals surface area contributed by atoms with Crippen LogP contribution >= 0.6 is 0 Å². The number of methoxy groups -OCH3 is 1. The zero-order valence-corrected chi connectivity index (χ0v) is 20.9. The van der Waals surface area contributed by atoms with Crippen molar-refractivity contribution in [3.8, 4) is 5.75 Å². The van der Waals surface area contributed by atoms with Crippen molar-refractivity contribution in [1.29, 1.82) is 0 Å². The smallest absolute Gasteiger partial charge is 0.416 e. The fourth-order valence-electron chi connectivity index (χ4n) is 5.35. The van der Waals surface area contributed by atoms with E-state index in [4.69, 9.17) is 14.2 Å². The number of alkyl halides is 3. The van der Waals surface area contributed by atoms with Gasteiger partial charge in [0.25, 0.3) is 5.91 Å². The van der Waals surface area contributed by atoms with Gasteiger partial charge in [0.1, 0.15) is 5.75 Å². The van der Waals surface area contributed by atoms with Crippen molar-refractivity contribution in [2.75, 3.05) is 64.4 Å². The van der Waals surface area contributed by atoms with Crippen LogP contribution in [-0.4, -0.2) is 87.1 Å². The van der Waals surface area contributed by atoms with Crippen LogP contribution in [-0.2, 0) is 15.7 Å². The van der Waals surface area contributed by atoms with Crippen molar-refractivity contribution in [1.82, 2.24) is 9.80 Å². The Morgan fingerprint density at radius 1 is 1.00 bits per heavy atom. The number of benzene rings is 2. The molecule has 5 rings (SSSR count). The van der Waals surface area contributed by atoms with Crippen molar-refractivity contribution in [3.05, 3.63) is 59.7 Å². The molecule has 200 valence electrons. The third-order valence-electron chi connectivity index (χ3n) is 7.45. The van der Waals surface area contributed by atoms with E-state index in [9.17, 15) is 18.0 Å². The molecule has 0 aromatic heterocycles. The summed E-state index contributed by atoms with van der Waals surface area (Å²) in [4.78, 5) is 19.2. The Kier molecular flexibility index (Phi) is 7.33. The third kappa shape index (κ3) is 5.71. The maximum Gasteiger partial charge on any atom is 0.416 e. The quantitative estimate of drug-likeness (QED) is 0.598. The molecule has 1 spiro atoms. The minimum atomic E-state index is -4.42. The van der Waals surface area contributed by atoms with Gasteiger partial charge in [-0.25, -0.2) is 0 Å². The standard InChI is InChI=1S/C27H32F3N3O4/c1-35-24-5-3-2-4-23(24)32-16-14-31(15-17-32)18-22-19-36-26(37-22)10-12-33(13-11-26)25(34)20-6-8-21(9-7-20)27(28,29)30/h2-9,22H,10-19H2,1H3. The predicted octanol–water partition coefficient (Wildman–Crippen LogP) is 3.88. The average Bonchev–Trinajstić information content (AvgIpc) is 3.30. The number of nitrogens with zero attached hydrogens (tertiary/aromatic N) is 3. The number of hydrogen-bond donors (Lipinski definition) is 0. The van der Waals surface area contributed by atoms with Crippen molar-refractivity contribution >= 4 is 11.6 Å². The first-order valence-electron chi connectivity index (χ1n) is 12.6. The summed E-state index contributed by atoms with van der Waals surface area (Å²) in [5, 5.41) is 0. The molecular weight excluding hydrogens is 487 g/mol. The van der Waals surface area contributed by atoms with Crippen molar-refractivity contribution < 1.29 is 32.2 Å². The van der Waals surface area contributed by atoms with Gasteiger partial charge in [0, 0.05) is 64.2 Å². The van der Waals surface area contributed by atoms with Gasteiger partial charge < -0.3 is 24.0 Å². The van der Waals surface area contributed by atoms with E-state index in [0.717, 1.165) is 56.3 Å². The number of carbonyl (C=O) groups is 1. The summed E-state index contributed by atoms with van der Waals surface area (Å²) in [7, 11) is 1.69. The Morgan fingerprint density at radius 3 is 2.32 bits per heavy atom. The van der Waals surface area contributed by atoms with Crippen LogP contribution in [0.2, 0.25) is 0 Å². The minimum Gasteiger partial charge on any atom is -0.495 e. The number of likely N-dealkylation sites (tertiary alicyclic amines) is 1. The van der Waals surface area contributed by atoms with Gasteiger partial charge in [0.2, 0.25) is 0 Å². The van der Waals surface area contributed by atoms with Crippen molar-refractivity contribution in [2.24, 2.45) is 0 Å². The Balaban J connectivity index is 1.09. The number of hydrogen-bond acceptors (Lipinski definition) is 6. The van der Waals surface area contributed by atoms with Crippen LogP contribution < -0.4 is 9.64 Å². The molecule has 1 amide bonds. The molecule has 1 atom stereocenters. The molecule has 37 heavy (non-hydrogen) atoms. The Morgan fingerprint density at radius 2 is 1.68 bits per heavy atom. The normalized spacial score (nSPS) is 22.4. The number of anilines is 1. The fourth-order valence-corrected chi connectivity index (χ4v) is 5.35. The highest BCUT2D eigenvalue weighted by molar-refractivity contribution is 5.94. The van der Waals surface area contributed by atoms with Gasteiger partial charge in [0.05, 0.1) is 31.1 Å². The third-order valence-corrected chi connectivity index (χ3v) is 7.45. The van der Waals surface area contributed by atoms with Crippen LogP contribution in [0.4, 0.5) is 18.9 Å². The zero-order chi connectivity index (χ0) is 26.0. The molecule has 3 aliphatic rings. The van der Waals surface area contributed by atoms with Gasteiger partial charge in [0.15, 0.2) is 5.79 Å². The van der Waals surface area contributed by atoms with Gasteiger partial charge in [-0.15, -0.1) is 0 Å². The van der Waals surface area contributed by atoms with Crippen LogP contribution in [0.15, 0.2) is 48.5 Å². The van der Waals surface area contributed by atoms with Gasteiger partial charge in [-0.3, -0.25) is 9.69 Å². The van der Waals surface area contributed by atoms with Crippen LogP contribution in [0.25, 0.3) is 0 Å². The molecule has 1 unspecified atom stereocenters. The molecule has 0 bridgehead atoms. The van der Waals surface area contributed by atoms with Crippen LogP contribution in [0.1, 0.15) is 28.8 Å². The highest BCUT2D eigenvalue weighted by Gasteiger charge is 2.45. The highest BCUT2D eigenvalue weighted by Crippen LogP contribution is 2.35. The lowest BCUT2D eigenvalue weighted by atomic mass is 10.0. The van der Waals surface area contributed by atoms with Crippen molar-refractivity contribution in [2.45, 2.75) is 30.9 Å². The lowest BCUT2D eigenvalue weighted by molar-refractivity contribution is -0.192. The van der Waals surface area contributed by atoms with E-state index in [1.165, 1.54) is 12.1 Å². The Hall–Kier alpha value is -2.82. The Bertz CT molecular complexity index is 1080. The highest BCUT2D eigenvalue weighted by atomic mass is 19.4. The second-order valence-electron chi connectivity index (χ2n) is 9.79. The summed E-state index contributed by atoms with van der Waals surface area (Å²) < 4.78 is 56.4. The van der Waals surface area contributed by atoms with E-state index in [1.807, 2.05) is 18.2 Å². The van der Waals surface area contributed by atoms with Crippen LogP contribution in [0, 0.1) is 0 Å². The summed E-state index contributed by atoms with van der Waals surface area (Å²) in [6.07, 6.45) is -3.37. The lowest BCUT2D eigenvalue weighted by Crippen LogP contribution is -2.50. The monoisotopic (exact) mass is 519 g/mol. The first-order valence-corrected chi connectivity index (χ1v) is 12.6. The van der Waals surface area contributed by atoms with E-state index in [2.05, 4.69) is 15.9 Å². The van der Waals surface area contributed by atoms with Gasteiger partial charge in [-0.2, -0.15) is 13.2 Å². The molecule has 2 aromatic rings. The number of carbonyl (C=O) groups excluding carboxylic acids is 1. The number of halogens is 3. The molecule has 7 nitrogen and oxygen atoms in total. The van der Waals surface area contributed by atoms with Gasteiger partial charge in [-0.05, 0) is 36.4 Å². The molecule has 0 radical (unpaired) electrons. The van der Waals surface area contributed by atoms with Gasteiger partial charge in [-0.1, -0.05) is 12.1 Å². The van der Waals surface area contributed by atoms with Crippen LogP contribution in [0.3, 0.4) is 0 Å². The van der Waals surface area contributed by atoms with E-state index in [0.29, 0.717) is 32.5 Å². The summed E-state index contributed by atoms with van der Waals surface area (Å²) in [5.74, 6) is -0.0829. The summed E-state index contributed by atoms with van der Waals surface area (Å²) in [6, 6.07) is 12.4. The van der Waals surface area contributed by atoms with E-state index in [-0.39, 0.29) is 17.6 Å². The van der Waals surface area contributed by atoms with E-state index in [1.54, 1.807) is 12.0 Å². The second-order valence-corrected chi connectivity index (χ2v) is 9.79. The molecule has 3 saturated heterocycles. The average molecular weight is 520 g/mol. The number of piperazine rings is 1. The molecule has 3 fully saturated rings. The lowest BCUT2D eigenvalue weighted by Gasteiger charge is -2.39. The zero-order valence-electron chi connectivity index (χ0n) is 20.9. The van der Waals surface area contributed by atoms with E-state index >= 15 is 0 Å². The second kappa shape index (κ2) is 10.5. The molecule has 10 heteroatoms. The molecule has 0 aliphatic carbocycles. The van der Waals surface area contributed by atoms with E-state index < -0.39 is 17.5 Å². The Labute approximate surface area is 214 Å². The molecule has 3 heterocycles.